The van der Waals surface area contributed by atoms with Crippen LogP contribution in [0.3, 0.4) is 0 Å². The molecule has 1 aliphatic heterocycles. The molecule has 2 N–H and O–H groups in total. The van der Waals surface area contributed by atoms with Gasteiger partial charge in [0.05, 0.1) is 32.4 Å². The van der Waals surface area contributed by atoms with Gasteiger partial charge in [0.15, 0.2) is 5.11 Å². The average Bonchev–Trinajstić information content (AvgIpc) is 3.30. The van der Waals surface area contributed by atoms with Crippen LogP contribution in [0.25, 0.3) is 0 Å². The Morgan fingerprint density at radius 3 is 2.64 bits per heavy atom. The van der Waals surface area contributed by atoms with Crippen molar-refractivity contribution in [2.45, 2.75) is 32.7 Å². The number of quaternary nitrogens is 1. The molecule has 1 aromatic carbocycles. The van der Waals surface area contributed by atoms with Gasteiger partial charge in [-0.05, 0) is 43.4 Å². The maximum absolute atomic E-state index is 5.68. The third-order valence-corrected chi connectivity index (χ3v) is 5.15. The number of thiocarbonyl (C=S) groups is 1. The molecule has 0 bridgehead atoms. The predicted octanol–water partition coefficient (Wildman–Crippen LogP) is 2.86. The number of hydrogen-bond donors (Lipinski definition) is 2. The highest BCUT2D eigenvalue weighted by Gasteiger charge is 2.17. The smallest absolute Gasteiger partial charge is 0.173 e. The minimum absolute atomic E-state index is 0.708. The molecule has 0 saturated carbocycles. The van der Waals surface area contributed by atoms with Crippen molar-refractivity contribution in [1.82, 2.24) is 4.90 Å². The van der Waals surface area contributed by atoms with Crippen LogP contribution in [0.15, 0.2) is 47.1 Å². The van der Waals surface area contributed by atoms with E-state index in [1.165, 1.54) is 38.0 Å². The van der Waals surface area contributed by atoms with Gasteiger partial charge in [0, 0.05) is 31.5 Å². The molecule has 3 rings (SSSR count). The molecular formula is C20H28N3OS+. The van der Waals surface area contributed by atoms with Crippen LogP contribution in [0.5, 0.6) is 0 Å². The fraction of sp³-hybridized carbons (Fsp3) is 0.450. The van der Waals surface area contributed by atoms with Crippen molar-refractivity contribution >= 4 is 23.0 Å². The standard InChI is InChI=1S/C20H27N3OS/c1-17-7-9-18(10-8-17)21-20(25)23(16-19-6-4-15-24-19)14-5-13-22-11-2-3-12-22/h4,6-10,15H,2-3,5,11-14,16H2,1H3,(H,21,25)/p+1. The number of aryl methyl sites for hydroxylation is 1. The summed E-state index contributed by atoms with van der Waals surface area (Å²) >= 11 is 5.68. The van der Waals surface area contributed by atoms with Crippen molar-refractivity contribution < 1.29 is 9.32 Å². The number of hydrogen-bond acceptors (Lipinski definition) is 2. The Kier molecular flexibility index (Phi) is 6.48. The number of nitrogens with one attached hydrogen (secondary N) is 2. The molecule has 1 aromatic heterocycles. The molecule has 1 fully saturated rings. The second kappa shape index (κ2) is 9.02. The van der Waals surface area contributed by atoms with Gasteiger partial charge in [-0.3, -0.25) is 0 Å². The summed E-state index contributed by atoms with van der Waals surface area (Å²) in [5.41, 5.74) is 2.28. The molecule has 0 amide bonds. The maximum atomic E-state index is 5.68. The molecule has 0 radical (unpaired) electrons. The monoisotopic (exact) mass is 358 g/mol. The van der Waals surface area contributed by atoms with Gasteiger partial charge in [0.1, 0.15) is 5.76 Å². The van der Waals surface area contributed by atoms with E-state index in [0.29, 0.717) is 6.54 Å². The van der Waals surface area contributed by atoms with Gasteiger partial charge in [-0.15, -0.1) is 0 Å². The number of nitrogens with zero attached hydrogens (tertiary/aromatic N) is 1. The second-order valence-electron chi connectivity index (χ2n) is 6.86. The quantitative estimate of drug-likeness (QED) is 0.746. The van der Waals surface area contributed by atoms with Crippen LogP contribution in [0.1, 0.15) is 30.6 Å². The summed E-state index contributed by atoms with van der Waals surface area (Å²) in [5.74, 6) is 0.946. The molecule has 0 atom stereocenters. The van der Waals surface area contributed by atoms with Crippen LogP contribution in [0.4, 0.5) is 5.69 Å². The van der Waals surface area contributed by atoms with Gasteiger partial charge in [-0.2, -0.15) is 0 Å². The van der Waals surface area contributed by atoms with E-state index in [2.05, 4.69) is 41.4 Å². The third-order valence-electron chi connectivity index (χ3n) is 4.79. The van der Waals surface area contributed by atoms with Gasteiger partial charge >= 0.3 is 0 Å². The van der Waals surface area contributed by atoms with Crippen LogP contribution in [0.2, 0.25) is 0 Å². The highest BCUT2D eigenvalue weighted by Crippen LogP contribution is 2.12. The summed E-state index contributed by atoms with van der Waals surface area (Å²) in [6.45, 7) is 7.62. The van der Waals surface area contributed by atoms with Crippen LogP contribution in [0, 0.1) is 6.92 Å². The van der Waals surface area contributed by atoms with Gasteiger partial charge in [-0.25, -0.2) is 0 Å². The molecule has 5 heteroatoms. The van der Waals surface area contributed by atoms with Crippen molar-refractivity contribution in [3.63, 3.8) is 0 Å². The molecule has 1 aliphatic rings. The van der Waals surface area contributed by atoms with Crippen LogP contribution in [-0.4, -0.2) is 36.2 Å². The fourth-order valence-electron chi connectivity index (χ4n) is 3.33. The molecule has 0 aliphatic carbocycles. The largest absolute Gasteiger partial charge is 0.467 e. The molecule has 4 nitrogen and oxygen atoms in total. The van der Waals surface area contributed by atoms with E-state index < -0.39 is 0 Å². The minimum atomic E-state index is 0.708. The Labute approximate surface area is 155 Å². The zero-order valence-electron chi connectivity index (χ0n) is 15.0. The second-order valence-corrected chi connectivity index (χ2v) is 7.24. The zero-order chi connectivity index (χ0) is 17.5. The van der Waals surface area contributed by atoms with E-state index in [1.54, 1.807) is 11.2 Å². The Bertz CT molecular complexity index is 648. The lowest BCUT2D eigenvalue weighted by Crippen LogP contribution is -3.10. The number of furan rings is 1. The molecular weight excluding hydrogens is 330 g/mol. The number of anilines is 1. The van der Waals surface area contributed by atoms with Crippen LogP contribution < -0.4 is 10.2 Å². The number of rotatable bonds is 7. The SMILES string of the molecule is Cc1ccc(NC(=S)N(CCC[NH+]2CCCC2)Cc2ccco2)cc1. The molecule has 25 heavy (non-hydrogen) atoms. The lowest BCUT2D eigenvalue weighted by molar-refractivity contribution is -0.887. The molecule has 0 spiro atoms. The fourth-order valence-corrected chi connectivity index (χ4v) is 3.60. The molecule has 134 valence electrons. The lowest BCUT2D eigenvalue weighted by atomic mass is 10.2. The first kappa shape index (κ1) is 18.0. The Morgan fingerprint density at radius 1 is 1.20 bits per heavy atom. The Hall–Kier alpha value is -1.85. The van der Waals surface area contributed by atoms with E-state index in [9.17, 15) is 0 Å². The highest BCUT2D eigenvalue weighted by atomic mass is 32.1. The summed E-state index contributed by atoms with van der Waals surface area (Å²) in [5, 5.41) is 4.13. The van der Waals surface area contributed by atoms with Crippen LogP contribution >= 0.6 is 12.2 Å². The third kappa shape index (κ3) is 5.58. The summed E-state index contributed by atoms with van der Waals surface area (Å²) in [6, 6.07) is 12.3. The zero-order valence-corrected chi connectivity index (χ0v) is 15.8. The van der Waals surface area contributed by atoms with Crippen molar-refractivity contribution in [3.8, 4) is 0 Å². The van der Waals surface area contributed by atoms with Gasteiger partial charge < -0.3 is 19.5 Å². The van der Waals surface area contributed by atoms with Crippen molar-refractivity contribution in [3.05, 3.63) is 54.0 Å². The molecule has 0 unspecified atom stereocenters. The molecule has 2 aromatic rings. The average molecular weight is 359 g/mol. The summed E-state index contributed by atoms with van der Waals surface area (Å²) < 4.78 is 5.53. The first-order valence-corrected chi connectivity index (χ1v) is 9.60. The predicted molar refractivity (Wildman–Crippen MR) is 106 cm³/mol. The van der Waals surface area contributed by atoms with Crippen molar-refractivity contribution in [2.75, 3.05) is 31.5 Å². The molecule has 1 saturated heterocycles. The molecule has 2 heterocycles. The number of benzene rings is 1. The Morgan fingerprint density at radius 2 is 1.96 bits per heavy atom. The van der Waals surface area contributed by atoms with Crippen molar-refractivity contribution in [2.24, 2.45) is 0 Å². The normalized spacial score (nSPS) is 14.6. The van der Waals surface area contributed by atoms with Crippen LogP contribution in [-0.2, 0) is 6.54 Å². The van der Waals surface area contributed by atoms with E-state index in [1.807, 2.05) is 12.1 Å². The van der Waals surface area contributed by atoms with E-state index in [0.717, 1.165) is 29.5 Å². The van der Waals surface area contributed by atoms with E-state index >= 15 is 0 Å². The Balaban J connectivity index is 1.57. The van der Waals surface area contributed by atoms with Gasteiger partial charge in [0.2, 0.25) is 0 Å². The lowest BCUT2D eigenvalue weighted by Gasteiger charge is -2.25. The maximum Gasteiger partial charge on any atom is 0.173 e. The van der Waals surface area contributed by atoms with E-state index in [-0.39, 0.29) is 0 Å². The van der Waals surface area contributed by atoms with Gasteiger partial charge in [0.25, 0.3) is 0 Å². The highest BCUT2D eigenvalue weighted by molar-refractivity contribution is 7.80. The minimum Gasteiger partial charge on any atom is -0.467 e. The summed E-state index contributed by atoms with van der Waals surface area (Å²) in [6.07, 6.45) is 5.61. The topological polar surface area (TPSA) is 32.9 Å². The van der Waals surface area contributed by atoms with Crippen molar-refractivity contribution in [1.29, 1.82) is 0 Å². The first-order valence-electron chi connectivity index (χ1n) is 9.19. The first-order chi connectivity index (χ1) is 12.2. The number of likely N-dealkylation sites (tertiary alicyclic amines) is 1. The summed E-state index contributed by atoms with van der Waals surface area (Å²) in [4.78, 5) is 3.94. The van der Waals surface area contributed by atoms with Gasteiger partial charge in [-0.1, -0.05) is 17.7 Å². The van der Waals surface area contributed by atoms with E-state index in [4.69, 9.17) is 16.6 Å². The summed E-state index contributed by atoms with van der Waals surface area (Å²) in [7, 11) is 0.